The second-order valence-electron chi connectivity index (χ2n) is 5.19. The quantitative estimate of drug-likeness (QED) is 0.879. The van der Waals surface area contributed by atoms with Gasteiger partial charge in [-0.2, -0.15) is 0 Å². The minimum Gasteiger partial charge on any atom is -0.387 e. The van der Waals surface area contributed by atoms with Crippen LogP contribution in [0.5, 0.6) is 0 Å². The lowest BCUT2D eigenvalue weighted by Crippen LogP contribution is -2.34. The lowest BCUT2D eigenvalue weighted by atomic mass is 10.0. The van der Waals surface area contributed by atoms with E-state index in [1.807, 2.05) is 13.8 Å². The summed E-state index contributed by atoms with van der Waals surface area (Å²) in [7, 11) is 0. The predicted octanol–water partition coefficient (Wildman–Crippen LogP) is 3.74. The lowest BCUT2D eigenvalue weighted by Gasteiger charge is -2.25. The van der Waals surface area contributed by atoms with E-state index in [4.69, 9.17) is 0 Å². The first-order chi connectivity index (χ1) is 9.99. The topological polar surface area (TPSA) is 32.3 Å². The third-order valence-electron chi connectivity index (χ3n) is 3.57. The van der Waals surface area contributed by atoms with Crippen molar-refractivity contribution in [3.8, 4) is 0 Å². The minimum absolute atomic E-state index is 0.240. The van der Waals surface area contributed by atoms with Gasteiger partial charge in [0.2, 0.25) is 0 Å². The Morgan fingerprint density at radius 3 is 2.19 bits per heavy atom. The van der Waals surface area contributed by atoms with E-state index in [-0.39, 0.29) is 23.7 Å². The molecule has 0 fully saturated rings. The fourth-order valence-electron chi connectivity index (χ4n) is 2.35. The van der Waals surface area contributed by atoms with Crippen LogP contribution < -0.4 is 5.32 Å². The molecule has 0 saturated carbocycles. The smallest absolute Gasteiger partial charge is 0.127 e. The number of hydrogen-bond donors (Lipinski definition) is 2. The van der Waals surface area contributed by atoms with Crippen molar-refractivity contribution >= 4 is 0 Å². The molecule has 0 radical (unpaired) electrons. The molecule has 0 amide bonds. The van der Waals surface area contributed by atoms with Gasteiger partial charge in [0.15, 0.2) is 0 Å². The van der Waals surface area contributed by atoms with Gasteiger partial charge in [-0.3, -0.25) is 0 Å². The van der Waals surface area contributed by atoms with E-state index in [0.717, 1.165) is 0 Å². The predicted molar refractivity (Wildman–Crippen MR) is 78.8 cm³/mol. The van der Waals surface area contributed by atoms with Gasteiger partial charge >= 0.3 is 0 Å². The monoisotopic (exact) mass is 291 g/mol. The summed E-state index contributed by atoms with van der Waals surface area (Å²) in [5.41, 5.74) is 1.17. The van der Waals surface area contributed by atoms with Gasteiger partial charge in [-0.15, -0.1) is 0 Å². The van der Waals surface area contributed by atoms with Crippen LogP contribution >= 0.6 is 0 Å². The highest BCUT2D eigenvalue weighted by molar-refractivity contribution is 5.22. The maximum absolute atomic E-state index is 13.7. The molecule has 0 bridgehead atoms. The van der Waals surface area contributed by atoms with Crippen LogP contribution in [0, 0.1) is 11.6 Å². The van der Waals surface area contributed by atoms with Gasteiger partial charge in [0.25, 0.3) is 0 Å². The molecule has 0 aliphatic heterocycles. The first-order valence-corrected chi connectivity index (χ1v) is 6.93. The zero-order valence-electron chi connectivity index (χ0n) is 12.1. The highest BCUT2D eigenvalue weighted by Gasteiger charge is 2.20. The minimum atomic E-state index is -0.792. The summed E-state index contributed by atoms with van der Waals surface area (Å²) in [4.78, 5) is 0. The van der Waals surface area contributed by atoms with Gasteiger partial charge in [-0.25, -0.2) is 8.78 Å². The van der Waals surface area contributed by atoms with Crippen LogP contribution in [0.4, 0.5) is 8.78 Å². The van der Waals surface area contributed by atoms with Crippen LogP contribution in [0.25, 0.3) is 0 Å². The number of benzene rings is 2. The summed E-state index contributed by atoms with van der Waals surface area (Å²) in [5, 5.41) is 13.4. The van der Waals surface area contributed by atoms with E-state index in [2.05, 4.69) is 5.32 Å². The number of halogens is 2. The molecular formula is C17H19F2NO. The molecule has 112 valence electrons. The molecule has 2 rings (SSSR count). The van der Waals surface area contributed by atoms with Gasteiger partial charge in [-0.1, -0.05) is 30.3 Å². The Kier molecular flexibility index (Phi) is 5.04. The van der Waals surface area contributed by atoms with Crippen LogP contribution in [0.1, 0.15) is 37.1 Å². The number of aliphatic hydroxyl groups is 1. The summed E-state index contributed by atoms with van der Waals surface area (Å²) in [6, 6.07) is 11.7. The summed E-state index contributed by atoms with van der Waals surface area (Å²) < 4.78 is 26.6. The number of hydrogen-bond acceptors (Lipinski definition) is 2. The molecule has 0 spiro atoms. The van der Waals surface area contributed by atoms with Crippen LogP contribution in [0.2, 0.25) is 0 Å². The Hall–Kier alpha value is -1.78. The summed E-state index contributed by atoms with van der Waals surface area (Å²) in [6.45, 7) is 3.65. The van der Waals surface area contributed by atoms with Gasteiger partial charge in [0.05, 0.1) is 6.10 Å². The molecule has 3 unspecified atom stereocenters. The molecule has 3 atom stereocenters. The third kappa shape index (κ3) is 3.86. The highest BCUT2D eigenvalue weighted by Crippen LogP contribution is 2.22. The van der Waals surface area contributed by atoms with Gasteiger partial charge in [0, 0.05) is 17.6 Å². The average molecular weight is 291 g/mol. The molecular weight excluding hydrogens is 272 g/mol. The maximum Gasteiger partial charge on any atom is 0.127 e. The molecule has 0 heterocycles. The largest absolute Gasteiger partial charge is 0.387 e. The Morgan fingerprint density at radius 1 is 0.952 bits per heavy atom. The van der Waals surface area contributed by atoms with Crippen molar-refractivity contribution in [2.24, 2.45) is 0 Å². The van der Waals surface area contributed by atoms with E-state index in [9.17, 15) is 13.9 Å². The maximum atomic E-state index is 13.7. The Labute approximate surface area is 123 Å². The van der Waals surface area contributed by atoms with Gasteiger partial charge in [0.1, 0.15) is 11.6 Å². The summed E-state index contributed by atoms with van der Waals surface area (Å²) >= 11 is 0. The van der Waals surface area contributed by atoms with E-state index in [1.165, 1.54) is 18.2 Å². The van der Waals surface area contributed by atoms with Crippen molar-refractivity contribution in [3.05, 3.63) is 71.3 Å². The molecule has 4 heteroatoms. The van der Waals surface area contributed by atoms with Gasteiger partial charge in [-0.05, 0) is 37.6 Å². The first-order valence-electron chi connectivity index (χ1n) is 6.93. The zero-order chi connectivity index (χ0) is 15.4. The number of aliphatic hydroxyl groups excluding tert-OH is 1. The van der Waals surface area contributed by atoms with E-state index in [0.29, 0.717) is 11.1 Å². The molecule has 2 nitrogen and oxygen atoms in total. The summed E-state index contributed by atoms with van der Waals surface area (Å²) in [5.74, 6) is -0.618. The first kappa shape index (κ1) is 15.6. The van der Waals surface area contributed by atoms with Crippen molar-refractivity contribution in [1.82, 2.24) is 5.32 Å². The molecule has 2 N–H and O–H groups in total. The van der Waals surface area contributed by atoms with Gasteiger partial charge < -0.3 is 10.4 Å². The molecule has 0 aromatic heterocycles. The zero-order valence-corrected chi connectivity index (χ0v) is 12.1. The van der Waals surface area contributed by atoms with E-state index < -0.39 is 6.10 Å². The fourth-order valence-corrected chi connectivity index (χ4v) is 2.35. The van der Waals surface area contributed by atoms with Crippen molar-refractivity contribution in [2.45, 2.75) is 32.0 Å². The summed E-state index contributed by atoms with van der Waals surface area (Å²) in [6.07, 6.45) is -0.792. The molecule has 2 aromatic carbocycles. The highest BCUT2D eigenvalue weighted by atomic mass is 19.1. The number of nitrogens with one attached hydrogen (secondary N) is 1. The molecule has 0 aliphatic rings. The molecule has 2 aromatic rings. The second kappa shape index (κ2) is 6.78. The van der Waals surface area contributed by atoms with Crippen molar-refractivity contribution in [3.63, 3.8) is 0 Å². The normalized spacial score (nSPS) is 15.5. The van der Waals surface area contributed by atoms with Crippen molar-refractivity contribution in [2.75, 3.05) is 0 Å². The Bertz CT molecular complexity index is 586. The average Bonchev–Trinajstić information content (AvgIpc) is 2.47. The van der Waals surface area contributed by atoms with Crippen molar-refractivity contribution in [1.29, 1.82) is 0 Å². The van der Waals surface area contributed by atoms with E-state index >= 15 is 0 Å². The third-order valence-corrected chi connectivity index (χ3v) is 3.57. The standard InChI is InChI=1S/C17H19F2NO/c1-11(15-5-3-4-6-16(15)19)20-12(2)17(21)13-7-9-14(18)10-8-13/h3-12,17,20-21H,1-2H3. The van der Waals surface area contributed by atoms with Crippen molar-refractivity contribution < 1.29 is 13.9 Å². The van der Waals surface area contributed by atoms with Crippen LogP contribution in [0.15, 0.2) is 48.5 Å². The fraction of sp³-hybridized carbons (Fsp3) is 0.294. The van der Waals surface area contributed by atoms with Crippen LogP contribution in [-0.4, -0.2) is 11.1 Å². The Morgan fingerprint density at radius 2 is 1.57 bits per heavy atom. The van der Waals surface area contributed by atoms with Crippen LogP contribution in [0.3, 0.4) is 0 Å². The number of rotatable bonds is 5. The molecule has 0 saturated heterocycles. The molecule has 0 aliphatic carbocycles. The Balaban J connectivity index is 2.05. The van der Waals surface area contributed by atoms with E-state index in [1.54, 1.807) is 30.3 Å². The molecule has 21 heavy (non-hydrogen) atoms. The lowest BCUT2D eigenvalue weighted by molar-refractivity contribution is 0.130. The SMILES string of the molecule is CC(NC(C)C(O)c1ccc(F)cc1)c1ccccc1F. The van der Waals surface area contributed by atoms with Crippen LogP contribution in [-0.2, 0) is 0 Å². The second-order valence-corrected chi connectivity index (χ2v) is 5.19.